The van der Waals surface area contributed by atoms with Gasteiger partial charge in [0.05, 0.1) is 10.6 Å². The van der Waals surface area contributed by atoms with Crippen LogP contribution in [-0.4, -0.2) is 18.4 Å². The molecule has 5 heteroatoms. The van der Waals surface area contributed by atoms with Crippen LogP contribution < -0.4 is 10.6 Å². The quantitative estimate of drug-likeness (QED) is 0.831. The smallest absolute Gasteiger partial charge is 0.252 e. The van der Waals surface area contributed by atoms with Crippen LogP contribution in [0.4, 0.5) is 5.69 Å². The first kappa shape index (κ1) is 16.8. The summed E-state index contributed by atoms with van der Waals surface area (Å²) in [6, 6.07) is 5.01. The van der Waals surface area contributed by atoms with E-state index in [1.165, 1.54) is 12.8 Å². The zero-order valence-electron chi connectivity index (χ0n) is 13.0. The number of carbonyl (C=O) groups excluding carboxylic acids is 2. The van der Waals surface area contributed by atoms with Gasteiger partial charge in [-0.15, -0.1) is 0 Å². The largest absolute Gasteiger partial charge is 0.352 e. The van der Waals surface area contributed by atoms with Gasteiger partial charge >= 0.3 is 0 Å². The summed E-state index contributed by atoms with van der Waals surface area (Å²) in [5.41, 5.74) is 1.07. The predicted octanol–water partition coefficient (Wildman–Crippen LogP) is 4.00. The maximum absolute atomic E-state index is 12.0. The molecule has 0 bridgehead atoms. The molecule has 1 aromatic rings. The van der Waals surface area contributed by atoms with Gasteiger partial charge in [-0.25, -0.2) is 0 Å². The molecule has 0 unspecified atom stereocenters. The number of anilines is 1. The third-order valence-corrected chi connectivity index (χ3v) is 4.29. The summed E-state index contributed by atoms with van der Waals surface area (Å²) in [6.07, 6.45) is 6.18. The van der Waals surface area contributed by atoms with Gasteiger partial charge in [-0.3, -0.25) is 9.59 Å². The van der Waals surface area contributed by atoms with E-state index in [4.69, 9.17) is 11.6 Å². The van der Waals surface area contributed by atoms with Crippen LogP contribution in [0.5, 0.6) is 0 Å². The Hall–Kier alpha value is -1.55. The van der Waals surface area contributed by atoms with Gasteiger partial charge < -0.3 is 10.6 Å². The highest BCUT2D eigenvalue weighted by Crippen LogP contribution is 2.28. The van der Waals surface area contributed by atoms with E-state index in [-0.39, 0.29) is 11.8 Å². The summed E-state index contributed by atoms with van der Waals surface area (Å²) in [6.45, 7) is 2.61. The maximum Gasteiger partial charge on any atom is 0.252 e. The number of benzene rings is 1. The van der Waals surface area contributed by atoms with E-state index in [1.807, 2.05) is 6.92 Å². The molecule has 2 N–H and O–H groups in total. The Morgan fingerprint density at radius 1 is 1.27 bits per heavy atom. The van der Waals surface area contributed by atoms with E-state index in [1.54, 1.807) is 18.2 Å². The van der Waals surface area contributed by atoms with E-state index in [0.29, 0.717) is 35.2 Å². The van der Waals surface area contributed by atoms with Crippen LogP contribution in [0.1, 0.15) is 55.8 Å². The van der Waals surface area contributed by atoms with E-state index in [9.17, 15) is 9.59 Å². The Bertz CT molecular complexity index is 539. The Morgan fingerprint density at radius 3 is 2.64 bits per heavy atom. The van der Waals surface area contributed by atoms with E-state index < -0.39 is 0 Å². The SMILES string of the molecule is CCCNC(=O)c1ccc(NC(=O)CC2CCCC2)cc1Cl. The second kappa shape index (κ2) is 8.18. The van der Waals surface area contributed by atoms with Crippen LogP contribution in [0.25, 0.3) is 0 Å². The van der Waals surface area contributed by atoms with Gasteiger partial charge in [0.15, 0.2) is 0 Å². The number of amides is 2. The lowest BCUT2D eigenvalue weighted by molar-refractivity contribution is -0.117. The number of halogens is 1. The number of rotatable bonds is 6. The fourth-order valence-electron chi connectivity index (χ4n) is 2.80. The summed E-state index contributed by atoms with van der Waals surface area (Å²) >= 11 is 6.14. The van der Waals surface area contributed by atoms with Gasteiger partial charge in [-0.2, -0.15) is 0 Å². The third-order valence-electron chi connectivity index (χ3n) is 3.98. The zero-order chi connectivity index (χ0) is 15.9. The zero-order valence-corrected chi connectivity index (χ0v) is 13.7. The van der Waals surface area contributed by atoms with Crippen molar-refractivity contribution in [2.45, 2.75) is 45.4 Å². The molecule has 0 radical (unpaired) electrons. The van der Waals surface area contributed by atoms with Crippen molar-refractivity contribution in [3.8, 4) is 0 Å². The van der Waals surface area contributed by atoms with Crippen LogP contribution in [0.15, 0.2) is 18.2 Å². The van der Waals surface area contributed by atoms with Crippen LogP contribution in [0.2, 0.25) is 5.02 Å². The standard InChI is InChI=1S/C17H23ClN2O2/c1-2-9-19-17(22)14-8-7-13(11-15(14)18)20-16(21)10-12-5-3-4-6-12/h7-8,11-12H,2-6,9-10H2,1H3,(H,19,22)(H,20,21). The molecule has 0 aromatic heterocycles. The van der Waals surface area contributed by atoms with Gasteiger partial charge in [-0.05, 0) is 43.4 Å². The van der Waals surface area contributed by atoms with Crippen molar-refractivity contribution in [3.63, 3.8) is 0 Å². The lowest BCUT2D eigenvalue weighted by atomic mass is 10.0. The molecule has 22 heavy (non-hydrogen) atoms. The highest BCUT2D eigenvalue weighted by atomic mass is 35.5. The first-order chi connectivity index (χ1) is 10.6. The third kappa shape index (κ3) is 4.73. The maximum atomic E-state index is 12.0. The van der Waals surface area contributed by atoms with Gasteiger partial charge in [0.1, 0.15) is 0 Å². The van der Waals surface area contributed by atoms with Crippen molar-refractivity contribution < 1.29 is 9.59 Å². The van der Waals surface area contributed by atoms with E-state index in [2.05, 4.69) is 10.6 Å². The first-order valence-electron chi connectivity index (χ1n) is 7.97. The van der Waals surface area contributed by atoms with Gasteiger partial charge in [-0.1, -0.05) is 31.4 Å². The number of nitrogens with one attached hydrogen (secondary N) is 2. The fourth-order valence-corrected chi connectivity index (χ4v) is 3.07. The van der Waals surface area contributed by atoms with E-state index >= 15 is 0 Å². The topological polar surface area (TPSA) is 58.2 Å². The predicted molar refractivity (Wildman–Crippen MR) is 89.3 cm³/mol. The fraction of sp³-hybridized carbons (Fsp3) is 0.529. The minimum atomic E-state index is -0.185. The molecule has 0 heterocycles. The lowest BCUT2D eigenvalue weighted by Crippen LogP contribution is -2.24. The van der Waals surface area contributed by atoms with Crippen LogP contribution in [-0.2, 0) is 4.79 Å². The normalized spacial score (nSPS) is 14.8. The summed E-state index contributed by atoms with van der Waals surface area (Å²) in [7, 11) is 0. The van der Waals surface area contributed by atoms with Gasteiger partial charge in [0, 0.05) is 18.7 Å². The van der Waals surface area contributed by atoms with Crippen LogP contribution in [0, 0.1) is 5.92 Å². The Morgan fingerprint density at radius 2 is 2.00 bits per heavy atom. The number of carbonyl (C=O) groups is 2. The molecule has 1 fully saturated rings. The molecule has 1 aliphatic rings. The molecule has 0 aliphatic heterocycles. The molecule has 120 valence electrons. The van der Waals surface area contributed by atoms with Crippen molar-refractivity contribution in [1.82, 2.24) is 5.32 Å². The average molecular weight is 323 g/mol. The van der Waals surface area contributed by atoms with Gasteiger partial charge in [0.25, 0.3) is 5.91 Å². The molecule has 0 atom stereocenters. The summed E-state index contributed by atoms with van der Waals surface area (Å²) in [5.74, 6) is 0.344. The molecule has 4 nitrogen and oxygen atoms in total. The van der Waals surface area contributed by atoms with Crippen molar-refractivity contribution in [3.05, 3.63) is 28.8 Å². The highest BCUT2D eigenvalue weighted by molar-refractivity contribution is 6.34. The molecule has 2 rings (SSSR count). The monoisotopic (exact) mass is 322 g/mol. The molecular weight excluding hydrogens is 300 g/mol. The molecule has 1 saturated carbocycles. The lowest BCUT2D eigenvalue weighted by Gasteiger charge is -2.11. The van der Waals surface area contributed by atoms with Crippen molar-refractivity contribution in [1.29, 1.82) is 0 Å². The van der Waals surface area contributed by atoms with Gasteiger partial charge in [0.2, 0.25) is 5.91 Å². The molecular formula is C17H23ClN2O2. The second-order valence-corrected chi connectivity index (χ2v) is 6.26. The van der Waals surface area contributed by atoms with Crippen LogP contribution in [0.3, 0.4) is 0 Å². The molecule has 1 aliphatic carbocycles. The summed E-state index contributed by atoms with van der Waals surface area (Å²) in [4.78, 5) is 23.9. The number of hydrogen-bond acceptors (Lipinski definition) is 2. The van der Waals surface area contributed by atoms with Crippen molar-refractivity contribution in [2.24, 2.45) is 5.92 Å². The Labute approximate surface area is 136 Å². The minimum absolute atomic E-state index is 0.0196. The van der Waals surface area contributed by atoms with E-state index in [0.717, 1.165) is 19.3 Å². The van der Waals surface area contributed by atoms with Crippen LogP contribution >= 0.6 is 11.6 Å². The Balaban J connectivity index is 1.93. The second-order valence-electron chi connectivity index (χ2n) is 5.85. The molecule has 0 spiro atoms. The van der Waals surface area contributed by atoms with Crippen molar-refractivity contribution >= 4 is 29.1 Å². The summed E-state index contributed by atoms with van der Waals surface area (Å²) < 4.78 is 0. The Kier molecular flexibility index (Phi) is 6.25. The molecule has 2 amide bonds. The van der Waals surface area contributed by atoms with Crippen molar-refractivity contribution in [2.75, 3.05) is 11.9 Å². The average Bonchev–Trinajstić information content (AvgIpc) is 2.97. The molecule has 0 saturated heterocycles. The summed E-state index contributed by atoms with van der Waals surface area (Å²) in [5, 5.41) is 6.01. The number of hydrogen-bond donors (Lipinski definition) is 2. The first-order valence-corrected chi connectivity index (χ1v) is 8.35. The minimum Gasteiger partial charge on any atom is -0.352 e. The highest BCUT2D eigenvalue weighted by Gasteiger charge is 2.18. The molecule has 1 aromatic carbocycles.